The van der Waals surface area contributed by atoms with Crippen molar-refractivity contribution in [2.45, 2.75) is 35.8 Å². The molecule has 57 heavy (non-hydrogen) atoms. The molecule has 2 atom stereocenters. The number of fused-ring (bicyclic) bond motifs is 1. The maximum absolute atomic E-state index is 12.1. The largest absolute Gasteiger partial charge is 0.504 e. The molecule has 1 aromatic heterocycles. The number of hydrogen-bond donors (Lipinski definition) is 7. The summed E-state index contributed by atoms with van der Waals surface area (Å²) >= 11 is 0. The van der Waals surface area contributed by atoms with Gasteiger partial charge in [-0.1, -0.05) is 6.07 Å². The highest BCUT2D eigenvalue weighted by atomic mass is 32.2. The Bertz CT molecular complexity index is 2600. The summed E-state index contributed by atoms with van der Waals surface area (Å²) in [7, 11) is -9.27. The fourth-order valence-electron chi connectivity index (χ4n) is 4.91. The van der Waals surface area contributed by atoms with Crippen molar-refractivity contribution in [1.29, 1.82) is 0 Å². The van der Waals surface area contributed by atoms with Crippen LogP contribution in [0.15, 0.2) is 113 Å². The predicted octanol–water partition coefficient (Wildman–Crippen LogP) is 5.76. The molecule has 2 unspecified atom stereocenters. The normalized spacial score (nSPS) is 13.5. The van der Waals surface area contributed by atoms with Crippen molar-refractivity contribution >= 4 is 65.3 Å². The van der Waals surface area contributed by atoms with Crippen LogP contribution in [0.1, 0.15) is 11.1 Å². The van der Waals surface area contributed by atoms with Crippen LogP contribution in [0.25, 0.3) is 10.9 Å². The number of aromatic hydroxyl groups is 1. The smallest absolute Gasteiger partial charge is 0.295 e. The number of phenolic OH excluding ortho intramolecular Hbond substituents is 1. The second-order valence-corrected chi connectivity index (χ2v) is 15.0. The van der Waals surface area contributed by atoms with E-state index >= 15 is 0 Å². The number of aromatic nitrogens is 1. The number of azo groups is 3. The average molecular weight is 826 g/mol. The van der Waals surface area contributed by atoms with Crippen LogP contribution in [0.2, 0.25) is 0 Å². The van der Waals surface area contributed by atoms with Gasteiger partial charge in [-0.15, -0.1) is 15.3 Å². The summed E-state index contributed by atoms with van der Waals surface area (Å²) in [4.78, 5) is 3.04. The number of benzene rings is 4. The zero-order valence-electron chi connectivity index (χ0n) is 29.9. The first-order valence-electron chi connectivity index (χ1n) is 16.5. The molecule has 0 aliphatic rings. The van der Waals surface area contributed by atoms with Gasteiger partial charge in [-0.2, -0.15) is 32.2 Å². The van der Waals surface area contributed by atoms with E-state index in [4.69, 9.17) is 9.47 Å². The summed E-state index contributed by atoms with van der Waals surface area (Å²) in [5.41, 5.74) is 1.15. The Kier molecular flexibility index (Phi) is 13.3. The van der Waals surface area contributed by atoms with Crippen molar-refractivity contribution < 1.29 is 60.9 Å². The molecule has 300 valence electrons. The van der Waals surface area contributed by atoms with Crippen molar-refractivity contribution in [1.82, 2.24) is 4.98 Å². The first-order chi connectivity index (χ1) is 27.0. The number of hydrogen-bond acceptors (Lipinski definition) is 18. The van der Waals surface area contributed by atoms with Gasteiger partial charge in [0, 0.05) is 23.7 Å². The van der Waals surface area contributed by atoms with Gasteiger partial charge in [0.05, 0.1) is 35.2 Å². The Hall–Kier alpha value is -5.85. The molecule has 0 bridgehead atoms. The van der Waals surface area contributed by atoms with E-state index < -0.39 is 62.9 Å². The van der Waals surface area contributed by atoms with Gasteiger partial charge in [0.1, 0.15) is 64.4 Å². The lowest BCUT2D eigenvalue weighted by Gasteiger charge is -2.14. The van der Waals surface area contributed by atoms with E-state index in [0.717, 1.165) is 12.1 Å². The number of ether oxygens (including phenoxy) is 2. The van der Waals surface area contributed by atoms with Gasteiger partial charge in [0.15, 0.2) is 5.75 Å². The summed E-state index contributed by atoms with van der Waals surface area (Å²) in [6.07, 6.45) is -1.25. The van der Waals surface area contributed by atoms with E-state index in [1.165, 1.54) is 60.8 Å². The van der Waals surface area contributed by atoms with Crippen molar-refractivity contribution in [2.24, 2.45) is 30.7 Å². The number of aliphatic hydroxyl groups excluding tert-OH is 4. The second kappa shape index (κ2) is 18.0. The predicted molar refractivity (Wildman–Crippen MR) is 202 cm³/mol. The molecule has 0 radical (unpaired) electrons. The zero-order valence-corrected chi connectivity index (χ0v) is 31.6. The number of pyridine rings is 1. The van der Waals surface area contributed by atoms with Crippen LogP contribution in [-0.2, 0) is 20.2 Å². The van der Waals surface area contributed by atoms with E-state index in [1.807, 2.05) is 0 Å². The van der Waals surface area contributed by atoms with Crippen molar-refractivity contribution in [3.05, 3.63) is 84.1 Å². The molecule has 20 nitrogen and oxygen atoms in total. The molecule has 0 saturated heterocycles. The van der Waals surface area contributed by atoms with Gasteiger partial charge < -0.3 is 35.0 Å². The SMILES string of the molecule is Cc1cc(N=Nc2cc(OCC(O)CO)c(N=Nc3cc(S(=O)(=O)O)c4cccnc4c3O)cc2C)c(OCC(O)CO)cc1N=Nc1cccc(S(=O)(=O)O)c1. The van der Waals surface area contributed by atoms with Crippen LogP contribution >= 0.6 is 0 Å². The fraction of sp³-hybridized carbons (Fsp3) is 0.229. The molecule has 0 fully saturated rings. The third-order valence-electron chi connectivity index (χ3n) is 7.84. The molecular weight excluding hydrogens is 791 g/mol. The molecule has 5 aromatic rings. The summed E-state index contributed by atoms with van der Waals surface area (Å²) < 4.78 is 78.0. The lowest BCUT2D eigenvalue weighted by atomic mass is 10.1. The highest BCUT2D eigenvalue weighted by Gasteiger charge is 2.21. The third-order valence-corrected chi connectivity index (χ3v) is 9.59. The van der Waals surface area contributed by atoms with Crippen molar-refractivity contribution in [2.75, 3.05) is 26.4 Å². The number of rotatable bonds is 16. The summed E-state index contributed by atoms with van der Waals surface area (Å²) in [5, 5.41) is 74.4. The summed E-state index contributed by atoms with van der Waals surface area (Å²) in [6.45, 7) is 1.31. The number of phenols is 1. The van der Waals surface area contributed by atoms with Crippen molar-refractivity contribution in [3.8, 4) is 17.2 Å². The Morgan fingerprint density at radius 2 is 1.18 bits per heavy atom. The Morgan fingerprint density at radius 1 is 0.649 bits per heavy atom. The van der Waals surface area contributed by atoms with E-state index in [0.29, 0.717) is 11.1 Å². The number of aryl methyl sites for hydroxylation is 2. The number of nitrogens with zero attached hydrogens (tertiary/aromatic N) is 7. The zero-order chi connectivity index (χ0) is 41.5. The molecule has 4 aromatic carbocycles. The first-order valence-corrected chi connectivity index (χ1v) is 19.4. The van der Waals surface area contributed by atoms with E-state index in [9.17, 15) is 51.5 Å². The molecule has 22 heteroatoms. The summed E-state index contributed by atoms with van der Waals surface area (Å²) in [5.74, 6) is -0.510. The monoisotopic (exact) mass is 825 g/mol. The fourth-order valence-corrected chi connectivity index (χ4v) is 6.14. The molecule has 7 N–H and O–H groups in total. The molecule has 0 spiro atoms. The Morgan fingerprint density at radius 3 is 1.70 bits per heavy atom. The lowest BCUT2D eigenvalue weighted by Crippen LogP contribution is -2.21. The van der Waals surface area contributed by atoms with Crippen LogP contribution in [0.5, 0.6) is 17.2 Å². The Labute approximate surface area is 324 Å². The van der Waals surface area contributed by atoms with Crippen LogP contribution < -0.4 is 9.47 Å². The lowest BCUT2D eigenvalue weighted by molar-refractivity contribution is 0.0538. The number of aliphatic hydroxyl groups is 4. The van der Waals surface area contributed by atoms with E-state index in [1.54, 1.807) is 13.8 Å². The van der Waals surface area contributed by atoms with Gasteiger partial charge >= 0.3 is 0 Å². The van der Waals surface area contributed by atoms with Gasteiger partial charge in [0.2, 0.25) is 0 Å². The van der Waals surface area contributed by atoms with Crippen LogP contribution in [0, 0.1) is 13.8 Å². The molecule has 5 rings (SSSR count). The standard InChI is InChI=1S/C35H35N7O13S2/c1-19-9-28(31(54-17-22(45)15-43)12-26(19)38-37-21-5-3-6-24(11-21)56(48,49)50)40-39-27-13-32(55-18-23(46)16-44)29(10-20(27)2)41-42-30-14-33(57(51,52)53)25-7-4-8-36-34(25)35(30)47/h3-14,22-23,43-47H,15-18H2,1-2H3,(H,48,49,50)(H,51,52,53). The minimum absolute atomic E-state index is 0.0141. The maximum atomic E-state index is 12.1. The van der Waals surface area contributed by atoms with Gasteiger partial charge in [-0.05, 0) is 73.5 Å². The van der Waals surface area contributed by atoms with E-state index in [2.05, 4.69) is 35.7 Å². The van der Waals surface area contributed by atoms with E-state index in [-0.39, 0.29) is 68.0 Å². The second-order valence-electron chi connectivity index (χ2n) is 12.2. The van der Waals surface area contributed by atoms with Crippen LogP contribution in [-0.4, -0.2) is 95.1 Å². The molecule has 1 heterocycles. The average Bonchev–Trinajstić information content (AvgIpc) is 3.17. The van der Waals surface area contributed by atoms with Crippen LogP contribution in [0.4, 0.5) is 34.1 Å². The van der Waals surface area contributed by atoms with Gasteiger partial charge in [-0.25, -0.2) is 0 Å². The van der Waals surface area contributed by atoms with Gasteiger partial charge in [0.25, 0.3) is 20.2 Å². The van der Waals surface area contributed by atoms with Crippen LogP contribution in [0.3, 0.4) is 0 Å². The first kappa shape index (κ1) is 42.3. The summed E-state index contributed by atoms with van der Waals surface area (Å²) in [6, 6.07) is 14.6. The quantitative estimate of drug-likeness (QED) is 0.0460. The maximum Gasteiger partial charge on any atom is 0.295 e. The highest BCUT2D eigenvalue weighted by Crippen LogP contribution is 2.42. The topological polar surface area (TPSA) is 315 Å². The highest BCUT2D eigenvalue weighted by molar-refractivity contribution is 7.86. The Balaban J connectivity index is 1.53. The van der Waals surface area contributed by atoms with Gasteiger partial charge in [-0.3, -0.25) is 14.1 Å². The third kappa shape index (κ3) is 10.7. The minimum atomic E-state index is -4.78. The molecule has 0 amide bonds. The van der Waals surface area contributed by atoms with Crippen molar-refractivity contribution in [3.63, 3.8) is 0 Å². The molecule has 0 aliphatic carbocycles. The molecular formula is C35H35N7O13S2. The molecule has 0 aliphatic heterocycles. The molecule has 0 saturated carbocycles. The minimum Gasteiger partial charge on any atom is -0.504 e.